The predicted molar refractivity (Wildman–Crippen MR) is 74.3 cm³/mol. The number of rotatable bonds is 1. The highest BCUT2D eigenvalue weighted by atomic mass is 35.5. The van der Waals surface area contributed by atoms with E-state index in [0.29, 0.717) is 22.2 Å². The van der Waals surface area contributed by atoms with E-state index in [-0.39, 0.29) is 0 Å². The molecular formula is C15H20ClNO. The van der Waals surface area contributed by atoms with Gasteiger partial charge in [-0.25, -0.2) is 0 Å². The maximum atomic E-state index is 9.97. The van der Waals surface area contributed by atoms with Crippen LogP contribution in [0.3, 0.4) is 0 Å². The molecule has 2 aliphatic rings. The van der Waals surface area contributed by atoms with Crippen LogP contribution in [0.2, 0.25) is 5.02 Å². The topological polar surface area (TPSA) is 23.5 Å². The fraction of sp³-hybridized carbons (Fsp3) is 0.600. The van der Waals surface area contributed by atoms with Gasteiger partial charge in [0.1, 0.15) is 5.75 Å². The Morgan fingerprint density at radius 2 is 2.11 bits per heavy atom. The number of nitrogens with zero attached hydrogens (tertiary/aromatic N) is 1. The maximum Gasteiger partial charge on any atom is 0.120 e. The lowest BCUT2D eigenvalue weighted by molar-refractivity contribution is 0.222. The van der Waals surface area contributed by atoms with Crippen molar-refractivity contribution in [3.8, 4) is 5.75 Å². The Bertz CT molecular complexity index is 484. The fourth-order valence-electron chi connectivity index (χ4n) is 3.38. The lowest BCUT2D eigenvalue weighted by Crippen LogP contribution is -2.35. The number of hydrogen-bond acceptors (Lipinski definition) is 2. The molecule has 0 bridgehead atoms. The van der Waals surface area contributed by atoms with Gasteiger partial charge in [-0.1, -0.05) is 25.4 Å². The van der Waals surface area contributed by atoms with Crippen molar-refractivity contribution in [2.45, 2.75) is 39.2 Å². The molecule has 3 heteroatoms. The Hall–Kier alpha value is -0.730. The Morgan fingerprint density at radius 3 is 2.78 bits per heavy atom. The van der Waals surface area contributed by atoms with Gasteiger partial charge in [-0.05, 0) is 54.5 Å². The van der Waals surface area contributed by atoms with Gasteiger partial charge < -0.3 is 5.11 Å². The number of hydrogen-bond donors (Lipinski definition) is 1. The van der Waals surface area contributed by atoms with Gasteiger partial charge in [0, 0.05) is 17.6 Å². The number of phenols is 1. The molecular weight excluding hydrogens is 246 g/mol. The van der Waals surface area contributed by atoms with Crippen molar-refractivity contribution >= 4 is 11.6 Å². The number of aromatic hydroxyl groups is 1. The summed E-state index contributed by atoms with van der Waals surface area (Å²) in [5.41, 5.74) is 2.78. The lowest BCUT2D eigenvalue weighted by Gasteiger charge is -2.25. The minimum Gasteiger partial charge on any atom is -0.508 e. The number of phenolic OH excluding ortho intramolecular Hbond substituents is 1. The highest BCUT2D eigenvalue weighted by molar-refractivity contribution is 6.30. The molecule has 0 amide bonds. The average Bonchev–Trinajstić information content (AvgIpc) is 2.81. The zero-order valence-electron chi connectivity index (χ0n) is 11.0. The molecule has 0 spiro atoms. The van der Waals surface area contributed by atoms with Gasteiger partial charge in [-0.3, -0.25) is 4.90 Å². The summed E-state index contributed by atoms with van der Waals surface area (Å²) in [6, 6.07) is 4.22. The summed E-state index contributed by atoms with van der Waals surface area (Å²) in [5.74, 6) is 0.374. The van der Waals surface area contributed by atoms with Gasteiger partial charge >= 0.3 is 0 Å². The molecule has 1 unspecified atom stereocenters. The third-order valence-corrected chi connectivity index (χ3v) is 4.62. The summed E-state index contributed by atoms with van der Waals surface area (Å²) in [7, 11) is 0. The molecule has 1 saturated heterocycles. The molecule has 1 aromatic rings. The van der Waals surface area contributed by atoms with Crippen LogP contribution < -0.4 is 0 Å². The Labute approximate surface area is 114 Å². The summed E-state index contributed by atoms with van der Waals surface area (Å²) in [5, 5.41) is 10.6. The number of halogens is 1. The number of fused-ring (bicyclic) bond motifs is 1. The van der Waals surface area contributed by atoms with Gasteiger partial charge in [0.15, 0.2) is 0 Å². The molecule has 18 heavy (non-hydrogen) atoms. The molecule has 98 valence electrons. The van der Waals surface area contributed by atoms with E-state index in [4.69, 9.17) is 11.6 Å². The van der Waals surface area contributed by atoms with Crippen molar-refractivity contribution < 1.29 is 5.11 Å². The summed E-state index contributed by atoms with van der Waals surface area (Å²) in [6.45, 7) is 7.02. The van der Waals surface area contributed by atoms with Crippen molar-refractivity contribution in [2.24, 2.45) is 5.41 Å². The number of likely N-dealkylation sites (tertiary alicyclic amines) is 1. The molecule has 1 aliphatic carbocycles. The normalized spacial score (nSPS) is 26.5. The van der Waals surface area contributed by atoms with Crippen molar-refractivity contribution in [3.05, 3.63) is 28.3 Å². The average molecular weight is 266 g/mol. The Morgan fingerprint density at radius 1 is 1.33 bits per heavy atom. The summed E-state index contributed by atoms with van der Waals surface area (Å²) >= 11 is 6.01. The van der Waals surface area contributed by atoms with E-state index in [0.717, 1.165) is 18.4 Å². The molecule has 1 atom stereocenters. The second-order valence-electron chi connectivity index (χ2n) is 6.51. The van der Waals surface area contributed by atoms with Crippen LogP contribution in [-0.2, 0) is 12.8 Å². The van der Waals surface area contributed by atoms with Crippen molar-refractivity contribution in [3.63, 3.8) is 0 Å². The summed E-state index contributed by atoms with van der Waals surface area (Å²) < 4.78 is 0. The van der Waals surface area contributed by atoms with E-state index in [9.17, 15) is 5.11 Å². The van der Waals surface area contributed by atoms with Gasteiger partial charge in [-0.2, -0.15) is 0 Å². The van der Waals surface area contributed by atoms with Crippen LogP contribution in [0.15, 0.2) is 12.1 Å². The van der Waals surface area contributed by atoms with Gasteiger partial charge in [0.05, 0.1) is 0 Å². The molecule has 1 heterocycles. The third kappa shape index (κ3) is 2.12. The second-order valence-corrected chi connectivity index (χ2v) is 6.95. The van der Waals surface area contributed by atoms with Crippen LogP contribution in [-0.4, -0.2) is 29.1 Å². The highest BCUT2D eigenvalue weighted by Gasteiger charge is 2.36. The smallest absolute Gasteiger partial charge is 0.120 e. The molecule has 1 aliphatic heterocycles. The van der Waals surface area contributed by atoms with Gasteiger partial charge in [0.2, 0.25) is 0 Å². The van der Waals surface area contributed by atoms with E-state index >= 15 is 0 Å². The minimum atomic E-state index is 0.374. The summed E-state index contributed by atoms with van der Waals surface area (Å²) in [4.78, 5) is 2.58. The summed E-state index contributed by atoms with van der Waals surface area (Å²) in [6.07, 6.45) is 3.26. The van der Waals surface area contributed by atoms with Crippen LogP contribution in [0.4, 0.5) is 0 Å². The predicted octanol–water partition coefficient (Wildman–Crippen LogP) is 3.24. The highest BCUT2D eigenvalue weighted by Crippen LogP contribution is 2.38. The van der Waals surface area contributed by atoms with Crippen LogP contribution in [0.1, 0.15) is 31.4 Å². The van der Waals surface area contributed by atoms with Crippen molar-refractivity contribution in [1.29, 1.82) is 0 Å². The van der Waals surface area contributed by atoms with E-state index in [1.54, 1.807) is 6.07 Å². The first-order chi connectivity index (χ1) is 8.44. The molecule has 0 aromatic heterocycles. The van der Waals surface area contributed by atoms with Crippen molar-refractivity contribution in [1.82, 2.24) is 4.90 Å². The molecule has 1 N–H and O–H groups in total. The van der Waals surface area contributed by atoms with Crippen molar-refractivity contribution in [2.75, 3.05) is 13.1 Å². The van der Waals surface area contributed by atoms with Gasteiger partial charge in [-0.15, -0.1) is 0 Å². The van der Waals surface area contributed by atoms with Crippen LogP contribution >= 0.6 is 11.6 Å². The van der Waals surface area contributed by atoms with E-state index < -0.39 is 0 Å². The second kappa shape index (κ2) is 4.14. The van der Waals surface area contributed by atoms with Crippen LogP contribution in [0.25, 0.3) is 0 Å². The monoisotopic (exact) mass is 265 g/mol. The molecule has 1 aromatic carbocycles. The van der Waals surface area contributed by atoms with E-state index in [1.165, 1.54) is 25.1 Å². The Kier molecular flexibility index (Phi) is 2.83. The zero-order valence-corrected chi connectivity index (χ0v) is 11.8. The van der Waals surface area contributed by atoms with E-state index in [1.807, 2.05) is 6.07 Å². The molecule has 0 saturated carbocycles. The standard InChI is InChI=1S/C15H20ClNO/c1-15(2)3-4-17(9-15)12-6-10-5-11(16)7-14(18)13(10)8-12/h5,7,12,18H,3-4,6,8-9H2,1-2H3. The van der Waals surface area contributed by atoms with Crippen LogP contribution in [0.5, 0.6) is 5.75 Å². The molecule has 0 radical (unpaired) electrons. The molecule has 2 nitrogen and oxygen atoms in total. The largest absolute Gasteiger partial charge is 0.508 e. The minimum absolute atomic E-state index is 0.374. The first kappa shape index (κ1) is 12.3. The SMILES string of the molecule is CC1(C)CCN(C2Cc3cc(Cl)cc(O)c3C2)C1. The van der Waals surface area contributed by atoms with Gasteiger partial charge in [0.25, 0.3) is 0 Å². The number of benzene rings is 1. The Balaban J connectivity index is 1.79. The van der Waals surface area contributed by atoms with E-state index in [2.05, 4.69) is 18.7 Å². The maximum absolute atomic E-state index is 9.97. The first-order valence-electron chi connectivity index (χ1n) is 6.69. The molecule has 1 fully saturated rings. The quantitative estimate of drug-likeness (QED) is 0.843. The lowest BCUT2D eigenvalue weighted by atomic mass is 9.93. The fourth-order valence-corrected chi connectivity index (χ4v) is 3.62. The van der Waals surface area contributed by atoms with Crippen LogP contribution in [0, 0.1) is 5.41 Å². The third-order valence-electron chi connectivity index (χ3n) is 4.40. The molecule has 3 rings (SSSR count). The first-order valence-corrected chi connectivity index (χ1v) is 7.07. The zero-order chi connectivity index (χ0) is 12.9.